The molecule has 9 heteroatoms. The van der Waals surface area contributed by atoms with Crippen LogP contribution < -0.4 is 0 Å². The largest absolute Gasteiger partial charge is 0.318 e. The molecule has 19 heavy (non-hydrogen) atoms. The number of aromatic nitrogens is 4. The molecule has 1 aliphatic rings. The highest BCUT2D eigenvalue weighted by Crippen LogP contribution is 2.40. The van der Waals surface area contributed by atoms with Gasteiger partial charge in [0.05, 0.1) is 15.9 Å². The van der Waals surface area contributed by atoms with E-state index in [-0.39, 0.29) is 10.9 Å². The van der Waals surface area contributed by atoms with E-state index in [2.05, 4.69) is 15.5 Å². The van der Waals surface area contributed by atoms with Crippen molar-refractivity contribution in [2.75, 3.05) is 0 Å². The van der Waals surface area contributed by atoms with Gasteiger partial charge in [0.25, 0.3) is 0 Å². The highest BCUT2D eigenvalue weighted by atomic mass is 32.2. The highest BCUT2D eigenvalue weighted by molar-refractivity contribution is 7.99. The zero-order valence-corrected chi connectivity index (χ0v) is 10.4. The van der Waals surface area contributed by atoms with Crippen LogP contribution in [0.3, 0.4) is 0 Å². The molecule has 0 radical (unpaired) electrons. The van der Waals surface area contributed by atoms with Crippen LogP contribution in [0, 0.1) is 15.9 Å². The normalized spacial score (nSPS) is 14.6. The molecule has 0 spiro atoms. The number of halogens is 1. The van der Waals surface area contributed by atoms with E-state index in [0.29, 0.717) is 5.16 Å². The number of tetrazole rings is 1. The molecule has 1 aliphatic carbocycles. The average Bonchev–Trinajstić information content (AvgIpc) is 3.10. The highest BCUT2D eigenvalue weighted by Gasteiger charge is 2.29. The van der Waals surface area contributed by atoms with Crippen molar-refractivity contribution in [3.05, 3.63) is 34.1 Å². The summed E-state index contributed by atoms with van der Waals surface area (Å²) in [6.45, 7) is 0. The number of para-hydroxylation sites is 1. The second-order valence-corrected chi connectivity index (χ2v) is 5.09. The number of nitro benzene ring substituents is 1. The summed E-state index contributed by atoms with van der Waals surface area (Å²) in [6, 6.07) is 4.23. The standard InChI is InChI=1S/C10H8FN5O2S/c11-7-2-1-3-8(9(7)16(17)18)19-10-12-13-14-15(10)6-4-5-6/h1-3,6H,4-5H2. The van der Waals surface area contributed by atoms with Gasteiger partial charge in [0.15, 0.2) is 0 Å². The van der Waals surface area contributed by atoms with Crippen molar-refractivity contribution in [1.29, 1.82) is 0 Å². The van der Waals surface area contributed by atoms with Crippen LogP contribution in [0.25, 0.3) is 0 Å². The maximum atomic E-state index is 13.5. The molecule has 0 N–H and O–H groups in total. The third-order valence-electron chi connectivity index (χ3n) is 2.69. The van der Waals surface area contributed by atoms with Crippen LogP contribution in [0.1, 0.15) is 18.9 Å². The van der Waals surface area contributed by atoms with Crippen molar-refractivity contribution in [1.82, 2.24) is 20.2 Å². The minimum Gasteiger partial charge on any atom is -0.258 e. The van der Waals surface area contributed by atoms with E-state index in [9.17, 15) is 14.5 Å². The zero-order chi connectivity index (χ0) is 13.4. The molecule has 0 aliphatic heterocycles. The molecule has 0 atom stereocenters. The average molecular weight is 281 g/mol. The molecule has 0 unspecified atom stereocenters. The summed E-state index contributed by atoms with van der Waals surface area (Å²) < 4.78 is 15.1. The molecular weight excluding hydrogens is 273 g/mol. The van der Waals surface area contributed by atoms with Gasteiger partial charge in [-0.25, -0.2) is 4.68 Å². The Balaban J connectivity index is 1.97. The van der Waals surface area contributed by atoms with Gasteiger partial charge in [-0.3, -0.25) is 10.1 Å². The van der Waals surface area contributed by atoms with Gasteiger partial charge in [0, 0.05) is 0 Å². The first-order chi connectivity index (χ1) is 9.16. The summed E-state index contributed by atoms with van der Waals surface area (Å²) in [5.41, 5.74) is -0.544. The SMILES string of the molecule is O=[N+]([O-])c1c(F)cccc1Sc1nnnn1C1CC1. The van der Waals surface area contributed by atoms with Crippen LogP contribution >= 0.6 is 11.8 Å². The van der Waals surface area contributed by atoms with Crippen molar-refractivity contribution in [3.8, 4) is 0 Å². The van der Waals surface area contributed by atoms with Crippen molar-refractivity contribution in [3.63, 3.8) is 0 Å². The lowest BCUT2D eigenvalue weighted by Gasteiger charge is -2.03. The van der Waals surface area contributed by atoms with Crippen LogP contribution in [0.2, 0.25) is 0 Å². The van der Waals surface area contributed by atoms with Gasteiger partial charge in [-0.15, -0.1) is 5.10 Å². The van der Waals surface area contributed by atoms with Gasteiger partial charge in [-0.05, 0) is 47.2 Å². The van der Waals surface area contributed by atoms with Gasteiger partial charge in [-0.1, -0.05) is 6.07 Å². The molecule has 1 fully saturated rings. The third-order valence-corrected chi connectivity index (χ3v) is 3.69. The van der Waals surface area contributed by atoms with E-state index < -0.39 is 16.4 Å². The number of nitro groups is 1. The van der Waals surface area contributed by atoms with Crippen molar-refractivity contribution >= 4 is 17.4 Å². The van der Waals surface area contributed by atoms with Gasteiger partial charge >= 0.3 is 5.69 Å². The predicted molar refractivity (Wildman–Crippen MR) is 63.3 cm³/mol. The maximum Gasteiger partial charge on any atom is 0.318 e. The molecule has 1 aromatic carbocycles. The van der Waals surface area contributed by atoms with Crippen LogP contribution in [-0.2, 0) is 0 Å². The molecule has 0 bridgehead atoms. The lowest BCUT2D eigenvalue weighted by Crippen LogP contribution is -2.00. The third kappa shape index (κ3) is 2.28. The molecule has 3 rings (SSSR count). The van der Waals surface area contributed by atoms with E-state index in [1.54, 1.807) is 4.68 Å². The number of rotatable bonds is 4. The summed E-state index contributed by atoms with van der Waals surface area (Å²) in [4.78, 5) is 10.4. The lowest BCUT2D eigenvalue weighted by atomic mass is 10.3. The van der Waals surface area contributed by atoms with Crippen molar-refractivity contribution in [2.45, 2.75) is 28.9 Å². The Morgan fingerprint density at radius 2 is 2.26 bits per heavy atom. The van der Waals surface area contributed by atoms with E-state index in [0.717, 1.165) is 30.7 Å². The zero-order valence-electron chi connectivity index (χ0n) is 9.56. The first kappa shape index (κ1) is 12.0. The number of nitrogens with zero attached hydrogens (tertiary/aromatic N) is 5. The first-order valence-corrected chi connectivity index (χ1v) is 6.37. The maximum absolute atomic E-state index is 13.5. The molecule has 7 nitrogen and oxygen atoms in total. The Morgan fingerprint density at radius 1 is 1.47 bits per heavy atom. The number of benzene rings is 1. The Morgan fingerprint density at radius 3 is 2.95 bits per heavy atom. The summed E-state index contributed by atoms with van der Waals surface area (Å²) in [7, 11) is 0. The van der Waals surface area contributed by atoms with E-state index in [1.807, 2.05) is 0 Å². The van der Waals surface area contributed by atoms with E-state index >= 15 is 0 Å². The number of hydrogen-bond acceptors (Lipinski definition) is 6. The predicted octanol–water partition coefficient (Wildman–Crippen LogP) is 2.21. The molecule has 2 aromatic rings. The fraction of sp³-hybridized carbons (Fsp3) is 0.300. The minimum absolute atomic E-state index is 0.196. The van der Waals surface area contributed by atoms with E-state index in [1.165, 1.54) is 12.1 Å². The molecule has 0 amide bonds. The molecule has 1 heterocycles. The van der Waals surface area contributed by atoms with E-state index in [4.69, 9.17) is 0 Å². The van der Waals surface area contributed by atoms with Crippen LogP contribution in [0.5, 0.6) is 0 Å². The second-order valence-electron chi connectivity index (χ2n) is 4.08. The van der Waals surface area contributed by atoms with Gasteiger partial charge < -0.3 is 0 Å². The fourth-order valence-electron chi connectivity index (χ4n) is 1.65. The van der Waals surface area contributed by atoms with Crippen LogP contribution in [0.15, 0.2) is 28.3 Å². The van der Waals surface area contributed by atoms with Gasteiger partial charge in [-0.2, -0.15) is 4.39 Å². The summed E-state index contributed by atoms with van der Waals surface area (Å²) in [5.74, 6) is -0.861. The fourth-order valence-corrected chi connectivity index (χ4v) is 2.62. The van der Waals surface area contributed by atoms with Gasteiger partial charge in [0.2, 0.25) is 11.0 Å². The summed E-state index contributed by atoms with van der Waals surface area (Å²) >= 11 is 1.00. The Hall–Kier alpha value is -2.03. The minimum atomic E-state index is -0.861. The number of hydrogen-bond donors (Lipinski definition) is 0. The topological polar surface area (TPSA) is 86.7 Å². The van der Waals surface area contributed by atoms with Crippen LogP contribution in [-0.4, -0.2) is 25.1 Å². The summed E-state index contributed by atoms with van der Waals surface area (Å²) in [5, 5.41) is 22.6. The first-order valence-electron chi connectivity index (χ1n) is 5.55. The lowest BCUT2D eigenvalue weighted by molar-refractivity contribution is -0.390. The second kappa shape index (κ2) is 4.57. The van der Waals surface area contributed by atoms with Crippen molar-refractivity contribution in [2.24, 2.45) is 0 Å². The molecular formula is C10H8FN5O2S. The van der Waals surface area contributed by atoms with Gasteiger partial charge in [0.1, 0.15) is 0 Å². The molecule has 98 valence electrons. The monoisotopic (exact) mass is 281 g/mol. The Bertz CT molecular complexity index is 643. The molecule has 0 saturated heterocycles. The quantitative estimate of drug-likeness (QED) is 0.630. The Kier molecular flexibility index (Phi) is 2.90. The van der Waals surface area contributed by atoms with Crippen LogP contribution in [0.4, 0.5) is 10.1 Å². The van der Waals surface area contributed by atoms with Crippen molar-refractivity contribution < 1.29 is 9.31 Å². The Labute approximate surface area is 111 Å². The molecule has 1 aromatic heterocycles. The summed E-state index contributed by atoms with van der Waals surface area (Å²) in [6.07, 6.45) is 1.98. The smallest absolute Gasteiger partial charge is 0.258 e. The molecule has 1 saturated carbocycles.